The van der Waals surface area contributed by atoms with Crippen molar-refractivity contribution in [3.8, 4) is 0 Å². The van der Waals surface area contributed by atoms with Crippen molar-refractivity contribution in [3.05, 3.63) is 40.6 Å². The quantitative estimate of drug-likeness (QED) is 0.787. The van der Waals surface area contributed by atoms with Crippen LogP contribution in [0.1, 0.15) is 23.7 Å². The predicted molar refractivity (Wildman–Crippen MR) is 83.8 cm³/mol. The summed E-state index contributed by atoms with van der Waals surface area (Å²) in [6, 6.07) is 4.52. The molecule has 2 N–H and O–H groups in total. The van der Waals surface area contributed by atoms with Gasteiger partial charge in [-0.3, -0.25) is 0 Å². The molecular formula is C15H17ClN3O4-. The molecule has 0 saturated heterocycles. The number of halogens is 1. The van der Waals surface area contributed by atoms with E-state index in [1.54, 1.807) is 17.9 Å². The molecule has 2 rings (SSSR count). The van der Waals surface area contributed by atoms with Gasteiger partial charge in [-0.1, -0.05) is 11.6 Å². The molecular weight excluding hydrogens is 322 g/mol. The Morgan fingerprint density at radius 2 is 2.17 bits per heavy atom. The predicted octanol–water partition coefficient (Wildman–Crippen LogP) is 1.37. The number of anilines is 1. The van der Waals surface area contributed by atoms with E-state index in [-0.39, 0.29) is 16.7 Å². The molecule has 0 radical (unpaired) electrons. The molecule has 7 nitrogen and oxygen atoms in total. The molecule has 1 aromatic rings. The number of aromatic carboxylic acids is 1. The van der Waals surface area contributed by atoms with Crippen LogP contribution in [0.4, 0.5) is 10.5 Å². The monoisotopic (exact) mass is 338 g/mol. The lowest BCUT2D eigenvalue weighted by molar-refractivity contribution is -0.255. The number of hydrazine groups is 1. The van der Waals surface area contributed by atoms with Gasteiger partial charge >= 0.3 is 6.09 Å². The average Bonchev–Trinajstić information content (AvgIpc) is 2.54. The van der Waals surface area contributed by atoms with Crippen LogP contribution in [0.2, 0.25) is 5.02 Å². The maximum absolute atomic E-state index is 11.6. The first-order valence-electron chi connectivity index (χ1n) is 7.15. The van der Waals surface area contributed by atoms with Gasteiger partial charge in [0, 0.05) is 35.8 Å². The zero-order valence-electron chi connectivity index (χ0n) is 12.6. The van der Waals surface area contributed by atoms with Gasteiger partial charge < -0.3 is 30.4 Å². The molecule has 1 aromatic carbocycles. The second-order valence-corrected chi connectivity index (χ2v) is 5.26. The van der Waals surface area contributed by atoms with E-state index in [1.807, 2.05) is 6.08 Å². The number of benzene rings is 1. The van der Waals surface area contributed by atoms with Gasteiger partial charge in [0.05, 0.1) is 18.3 Å². The Labute approximate surface area is 138 Å². The Kier molecular flexibility index (Phi) is 5.70. The maximum Gasteiger partial charge on any atom is 0.410 e. The van der Waals surface area contributed by atoms with Crippen molar-refractivity contribution in [2.75, 3.05) is 25.1 Å². The third-order valence-electron chi connectivity index (χ3n) is 3.29. The van der Waals surface area contributed by atoms with Crippen molar-refractivity contribution in [3.63, 3.8) is 0 Å². The smallest absolute Gasteiger partial charge is 0.410 e. The first-order valence-corrected chi connectivity index (χ1v) is 7.52. The van der Waals surface area contributed by atoms with E-state index in [0.29, 0.717) is 31.8 Å². The van der Waals surface area contributed by atoms with Gasteiger partial charge in [0.25, 0.3) is 0 Å². The van der Waals surface area contributed by atoms with Gasteiger partial charge in [0.2, 0.25) is 0 Å². The highest BCUT2D eigenvalue weighted by atomic mass is 35.5. The number of rotatable bonds is 5. The summed E-state index contributed by atoms with van der Waals surface area (Å²) in [5.41, 5.74) is 7.26. The second-order valence-electron chi connectivity index (χ2n) is 4.86. The third-order valence-corrected chi connectivity index (χ3v) is 3.62. The molecule has 0 unspecified atom stereocenters. The lowest BCUT2D eigenvalue weighted by atomic mass is 10.2. The zero-order valence-corrected chi connectivity index (χ0v) is 13.4. The number of amides is 1. The zero-order chi connectivity index (χ0) is 16.8. The number of carboxylic acids is 1. The van der Waals surface area contributed by atoms with E-state index in [2.05, 4.69) is 10.9 Å². The standard InChI is InChI=1S/C15H18ClN3O4/c1-2-23-15(22)19-7-5-10(6-8-19)17-18-11-3-4-13(16)12(9-11)14(20)21/h3-5,9,17-18H,2,6-8H2,1H3,(H,20,21)/p-1. The van der Waals surface area contributed by atoms with Crippen LogP contribution in [0.15, 0.2) is 30.0 Å². The number of carbonyl (C=O) groups is 2. The highest BCUT2D eigenvalue weighted by Gasteiger charge is 2.17. The molecule has 0 aromatic heterocycles. The Bertz CT molecular complexity index is 633. The van der Waals surface area contributed by atoms with Crippen LogP contribution in [-0.2, 0) is 4.74 Å². The summed E-state index contributed by atoms with van der Waals surface area (Å²) in [5.74, 6) is -1.33. The molecule has 1 heterocycles. The van der Waals surface area contributed by atoms with E-state index in [0.717, 1.165) is 5.70 Å². The Hall–Kier alpha value is -2.41. The van der Waals surface area contributed by atoms with E-state index in [1.165, 1.54) is 12.1 Å². The number of ether oxygens (including phenoxy) is 1. The molecule has 124 valence electrons. The number of hydrogen-bond donors (Lipinski definition) is 2. The number of nitrogens with zero attached hydrogens (tertiary/aromatic N) is 1. The molecule has 0 saturated carbocycles. The molecule has 1 amide bonds. The first-order chi connectivity index (χ1) is 11.0. The summed E-state index contributed by atoms with van der Waals surface area (Å²) < 4.78 is 4.94. The number of hydrogen-bond acceptors (Lipinski definition) is 6. The lowest BCUT2D eigenvalue weighted by Gasteiger charge is -2.26. The van der Waals surface area contributed by atoms with Crippen molar-refractivity contribution in [2.24, 2.45) is 0 Å². The number of carbonyl (C=O) groups excluding carboxylic acids is 2. The third kappa shape index (κ3) is 4.53. The summed E-state index contributed by atoms with van der Waals surface area (Å²) in [5, 5.41) is 11.1. The van der Waals surface area contributed by atoms with Crippen LogP contribution in [0.3, 0.4) is 0 Å². The van der Waals surface area contributed by atoms with E-state index < -0.39 is 5.97 Å². The molecule has 0 fully saturated rings. The highest BCUT2D eigenvalue weighted by Crippen LogP contribution is 2.20. The molecule has 1 aliphatic rings. The highest BCUT2D eigenvalue weighted by molar-refractivity contribution is 6.33. The van der Waals surface area contributed by atoms with Crippen molar-refractivity contribution < 1.29 is 19.4 Å². The van der Waals surface area contributed by atoms with Crippen LogP contribution >= 0.6 is 11.6 Å². The van der Waals surface area contributed by atoms with Crippen molar-refractivity contribution in [1.29, 1.82) is 0 Å². The Morgan fingerprint density at radius 1 is 1.39 bits per heavy atom. The largest absolute Gasteiger partial charge is 0.545 e. The van der Waals surface area contributed by atoms with Crippen molar-refractivity contribution >= 4 is 29.4 Å². The summed E-state index contributed by atoms with van der Waals surface area (Å²) >= 11 is 5.78. The summed E-state index contributed by atoms with van der Waals surface area (Å²) in [6.45, 7) is 3.11. The van der Waals surface area contributed by atoms with Gasteiger partial charge in [0.1, 0.15) is 0 Å². The summed E-state index contributed by atoms with van der Waals surface area (Å²) in [4.78, 5) is 24.1. The van der Waals surface area contributed by atoms with Crippen LogP contribution in [-0.4, -0.2) is 36.7 Å². The van der Waals surface area contributed by atoms with E-state index in [4.69, 9.17) is 16.3 Å². The first kappa shape index (κ1) is 17.0. The Balaban J connectivity index is 1.91. The molecule has 1 aliphatic heterocycles. The number of carboxylic acid groups (broad SMARTS) is 1. The Morgan fingerprint density at radius 3 is 2.78 bits per heavy atom. The van der Waals surface area contributed by atoms with Crippen LogP contribution in [0.25, 0.3) is 0 Å². The average molecular weight is 339 g/mol. The van der Waals surface area contributed by atoms with Crippen LogP contribution in [0, 0.1) is 0 Å². The van der Waals surface area contributed by atoms with Gasteiger partial charge in [-0.2, -0.15) is 0 Å². The van der Waals surface area contributed by atoms with Crippen molar-refractivity contribution in [1.82, 2.24) is 10.3 Å². The minimum atomic E-state index is -1.33. The fourth-order valence-electron chi connectivity index (χ4n) is 2.08. The topological polar surface area (TPSA) is 93.7 Å². The van der Waals surface area contributed by atoms with Gasteiger partial charge in [-0.15, -0.1) is 0 Å². The molecule has 8 heteroatoms. The van der Waals surface area contributed by atoms with Gasteiger partial charge in [-0.05, 0) is 31.2 Å². The minimum absolute atomic E-state index is 0.0791. The normalized spacial score (nSPS) is 14.0. The van der Waals surface area contributed by atoms with Crippen LogP contribution < -0.4 is 16.0 Å². The summed E-state index contributed by atoms with van der Waals surface area (Å²) in [6.07, 6.45) is 2.17. The molecule has 0 atom stereocenters. The van der Waals surface area contributed by atoms with Crippen molar-refractivity contribution in [2.45, 2.75) is 13.3 Å². The second kappa shape index (κ2) is 7.73. The number of nitrogens with one attached hydrogen (secondary N) is 2. The van der Waals surface area contributed by atoms with Gasteiger partial charge in [-0.25, -0.2) is 4.79 Å². The maximum atomic E-state index is 11.6. The summed E-state index contributed by atoms with van der Waals surface area (Å²) in [7, 11) is 0. The lowest BCUT2D eigenvalue weighted by Crippen LogP contribution is -2.38. The van der Waals surface area contributed by atoms with E-state index in [9.17, 15) is 14.7 Å². The molecule has 23 heavy (non-hydrogen) atoms. The minimum Gasteiger partial charge on any atom is -0.545 e. The SMILES string of the molecule is CCOC(=O)N1CC=C(NNc2ccc(Cl)c(C(=O)[O-])c2)CC1. The molecule has 0 spiro atoms. The fourth-order valence-corrected chi connectivity index (χ4v) is 2.27. The fraction of sp³-hybridized carbons (Fsp3) is 0.333. The van der Waals surface area contributed by atoms with E-state index >= 15 is 0 Å². The molecule has 0 aliphatic carbocycles. The van der Waals surface area contributed by atoms with Gasteiger partial charge in [0.15, 0.2) is 0 Å². The van der Waals surface area contributed by atoms with Crippen LogP contribution in [0.5, 0.6) is 0 Å². The molecule has 0 bridgehead atoms.